The van der Waals surface area contributed by atoms with Gasteiger partial charge in [0, 0.05) is 11.9 Å². The standard InChI is InChI=1S/C14H17FN2OS/c1-8-5-13(11(10(3)18)7-12(8)15)19-14-6-9(2)16-17(14)4/h5-7,10,18H,1-4H3/t10-/m0/s1. The average molecular weight is 280 g/mol. The maximum Gasteiger partial charge on any atom is 0.126 e. The molecule has 0 saturated carbocycles. The highest BCUT2D eigenvalue weighted by molar-refractivity contribution is 7.99. The largest absolute Gasteiger partial charge is 0.389 e. The van der Waals surface area contributed by atoms with Crippen molar-refractivity contribution < 1.29 is 9.50 Å². The summed E-state index contributed by atoms with van der Waals surface area (Å²) in [6.45, 7) is 5.29. The lowest BCUT2D eigenvalue weighted by molar-refractivity contribution is 0.196. The zero-order chi connectivity index (χ0) is 14.2. The topological polar surface area (TPSA) is 38.0 Å². The number of hydrogen-bond donors (Lipinski definition) is 1. The maximum atomic E-state index is 13.6. The minimum Gasteiger partial charge on any atom is -0.389 e. The van der Waals surface area contributed by atoms with Crippen LogP contribution in [0.25, 0.3) is 0 Å². The molecule has 0 aliphatic carbocycles. The summed E-state index contributed by atoms with van der Waals surface area (Å²) < 4.78 is 15.4. The minimum atomic E-state index is -0.702. The van der Waals surface area contributed by atoms with Crippen molar-refractivity contribution in [1.82, 2.24) is 9.78 Å². The van der Waals surface area contributed by atoms with Gasteiger partial charge in [-0.15, -0.1) is 0 Å². The quantitative estimate of drug-likeness (QED) is 0.936. The van der Waals surface area contributed by atoms with Crippen LogP contribution in [-0.4, -0.2) is 14.9 Å². The molecule has 0 amide bonds. The molecule has 0 bridgehead atoms. The van der Waals surface area contributed by atoms with E-state index >= 15 is 0 Å². The summed E-state index contributed by atoms with van der Waals surface area (Å²) in [4.78, 5) is 0.858. The number of nitrogens with zero attached hydrogens (tertiary/aromatic N) is 2. The molecular formula is C14H17FN2OS. The van der Waals surface area contributed by atoms with Crippen LogP contribution in [0.2, 0.25) is 0 Å². The van der Waals surface area contributed by atoms with E-state index in [0.29, 0.717) is 11.1 Å². The van der Waals surface area contributed by atoms with Crippen molar-refractivity contribution in [3.63, 3.8) is 0 Å². The van der Waals surface area contributed by atoms with Gasteiger partial charge in [0.2, 0.25) is 0 Å². The fourth-order valence-corrected chi connectivity index (χ4v) is 3.09. The third-order valence-electron chi connectivity index (χ3n) is 2.91. The zero-order valence-corrected chi connectivity index (χ0v) is 12.3. The predicted molar refractivity (Wildman–Crippen MR) is 73.8 cm³/mol. The Bertz CT molecular complexity index is 608. The summed E-state index contributed by atoms with van der Waals surface area (Å²) >= 11 is 1.49. The molecule has 1 aromatic heterocycles. The molecule has 2 rings (SSSR count). The van der Waals surface area contributed by atoms with Gasteiger partial charge in [0.05, 0.1) is 16.8 Å². The molecule has 0 aliphatic heterocycles. The van der Waals surface area contributed by atoms with Crippen LogP contribution in [0.5, 0.6) is 0 Å². The molecule has 2 aromatic rings. The summed E-state index contributed by atoms with van der Waals surface area (Å²) in [6.07, 6.45) is -0.702. The van der Waals surface area contributed by atoms with Crippen molar-refractivity contribution in [2.24, 2.45) is 7.05 Å². The summed E-state index contributed by atoms with van der Waals surface area (Å²) in [5, 5.41) is 15.0. The molecule has 0 aliphatic rings. The van der Waals surface area contributed by atoms with Crippen molar-refractivity contribution in [2.75, 3.05) is 0 Å². The van der Waals surface area contributed by atoms with Gasteiger partial charge >= 0.3 is 0 Å². The number of aliphatic hydroxyl groups is 1. The van der Waals surface area contributed by atoms with Gasteiger partial charge in [-0.1, -0.05) is 11.8 Å². The molecule has 1 aromatic carbocycles. The van der Waals surface area contributed by atoms with Crippen LogP contribution < -0.4 is 0 Å². The smallest absolute Gasteiger partial charge is 0.126 e. The van der Waals surface area contributed by atoms with E-state index < -0.39 is 6.10 Å². The summed E-state index contributed by atoms with van der Waals surface area (Å²) in [5.74, 6) is -0.290. The van der Waals surface area contributed by atoms with Crippen molar-refractivity contribution in [3.8, 4) is 0 Å². The van der Waals surface area contributed by atoms with Gasteiger partial charge in [-0.2, -0.15) is 5.10 Å². The Hall–Kier alpha value is -1.33. The number of hydrogen-bond acceptors (Lipinski definition) is 3. The van der Waals surface area contributed by atoms with Gasteiger partial charge in [0.25, 0.3) is 0 Å². The lowest BCUT2D eigenvalue weighted by Crippen LogP contribution is -1.99. The van der Waals surface area contributed by atoms with E-state index in [0.717, 1.165) is 15.6 Å². The molecular weight excluding hydrogens is 263 g/mol. The molecule has 3 nitrogen and oxygen atoms in total. The van der Waals surface area contributed by atoms with Gasteiger partial charge in [0.1, 0.15) is 5.82 Å². The molecule has 0 unspecified atom stereocenters. The second-order valence-corrected chi connectivity index (χ2v) is 5.73. The van der Waals surface area contributed by atoms with Crippen LogP contribution in [0.4, 0.5) is 4.39 Å². The molecule has 1 N–H and O–H groups in total. The molecule has 102 valence electrons. The first-order chi connectivity index (χ1) is 8.88. The first-order valence-corrected chi connectivity index (χ1v) is 6.86. The Balaban J connectivity index is 2.44. The van der Waals surface area contributed by atoms with E-state index in [4.69, 9.17) is 0 Å². The van der Waals surface area contributed by atoms with E-state index in [2.05, 4.69) is 5.10 Å². The summed E-state index contributed by atoms with van der Waals surface area (Å²) in [6, 6.07) is 5.14. The lowest BCUT2D eigenvalue weighted by atomic mass is 10.1. The number of aryl methyl sites for hydroxylation is 3. The SMILES string of the molecule is Cc1cc(Sc2cc(C)c(F)cc2[C@H](C)O)n(C)n1. The van der Waals surface area contributed by atoms with E-state index in [1.807, 2.05) is 20.0 Å². The van der Waals surface area contributed by atoms with E-state index in [1.165, 1.54) is 17.8 Å². The highest BCUT2D eigenvalue weighted by Gasteiger charge is 2.14. The molecule has 5 heteroatoms. The van der Waals surface area contributed by atoms with Crippen LogP contribution >= 0.6 is 11.8 Å². The fourth-order valence-electron chi connectivity index (χ4n) is 1.88. The second-order valence-electron chi connectivity index (χ2n) is 4.66. The number of benzene rings is 1. The number of aliphatic hydroxyl groups excluding tert-OH is 1. The van der Waals surface area contributed by atoms with Gasteiger partial charge < -0.3 is 5.11 Å². The van der Waals surface area contributed by atoms with Gasteiger partial charge in [0.15, 0.2) is 0 Å². The van der Waals surface area contributed by atoms with Crippen molar-refractivity contribution >= 4 is 11.8 Å². The van der Waals surface area contributed by atoms with E-state index in [9.17, 15) is 9.50 Å². The monoisotopic (exact) mass is 280 g/mol. The van der Waals surface area contributed by atoms with Gasteiger partial charge in [-0.05, 0) is 50.1 Å². The van der Waals surface area contributed by atoms with Gasteiger partial charge in [-0.25, -0.2) is 4.39 Å². The second kappa shape index (κ2) is 5.35. The lowest BCUT2D eigenvalue weighted by Gasteiger charge is -2.13. The maximum absolute atomic E-state index is 13.6. The van der Waals surface area contributed by atoms with Gasteiger partial charge in [-0.3, -0.25) is 4.68 Å². The minimum absolute atomic E-state index is 0.290. The highest BCUT2D eigenvalue weighted by atomic mass is 32.2. The molecule has 1 heterocycles. The number of halogens is 1. The van der Waals surface area contributed by atoms with E-state index in [1.54, 1.807) is 24.6 Å². The predicted octanol–water partition coefficient (Wildman–Crippen LogP) is 3.38. The van der Waals surface area contributed by atoms with Crippen LogP contribution in [0.15, 0.2) is 28.1 Å². The van der Waals surface area contributed by atoms with Crippen molar-refractivity contribution in [2.45, 2.75) is 36.8 Å². The Kier molecular flexibility index (Phi) is 3.96. The normalized spacial score (nSPS) is 12.7. The van der Waals surface area contributed by atoms with Crippen LogP contribution in [0, 0.1) is 19.7 Å². The molecule has 0 spiro atoms. The molecule has 19 heavy (non-hydrogen) atoms. The molecule has 0 saturated heterocycles. The zero-order valence-electron chi connectivity index (χ0n) is 11.4. The third kappa shape index (κ3) is 2.98. The number of rotatable bonds is 3. The summed E-state index contributed by atoms with van der Waals surface area (Å²) in [5.41, 5.74) is 2.11. The van der Waals surface area contributed by atoms with E-state index in [-0.39, 0.29) is 5.82 Å². The molecule has 0 radical (unpaired) electrons. The number of aromatic nitrogens is 2. The Morgan fingerprint density at radius 1 is 1.32 bits per heavy atom. The third-order valence-corrected chi connectivity index (χ3v) is 4.08. The summed E-state index contributed by atoms with van der Waals surface area (Å²) in [7, 11) is 1.87. The van der Waals surface area contributed by atoms with Crippen molar-refractivity contribution in [3.05, 3.63) is 40.8 Å². The Labute approximate surface area is 116 Å². The Morgan fingerprint density at radius 3 is 2.53 bits per heavy atom. The Morgan fingerprint density at radius 2 is 2.00 bits per heavy atom. The molecule has 0 fully saturated rings. The first-order valence-electron chi connectivity index (χ1n) is 6.05. The molecule has 1 atom stereocenters. The average Bonchev–Trinajstić information content (AvgIpc) is 2.62. The van der Waals surface area contributed by atoms with Crippen molar-refractivity contribution in [1.29, 1.82) is 0 Å². The first kappa shape index (κ1) is 14.1. The van der Waals surface area contributed by atoms with Crippen LogP contribution in [0.3, 0.4) is 0 Å². The highest BCUT2D eigenvalue weighted by Crippen LogP contribution is 2.35. The van der Waals surface area contributed by atoms with Crippen LogP contribution in [-0.2, 0) is 7.05 Å². The fraction of sp³-hybridized carbons (Fsp3) is 0.357. The van der Waals surface area contributed by atoms with Crippen LogP contribution in [0.1, 0.15) is 29.8 Å².